The quantitative estimate of drug-likeness (QED) is 0.463. The summed E-state index contributed by atoms with van der Waals surface area (Å²) in [7, 11) is 1.62. The minimum atomic E-state index is -1.09. The minimum Gasteiger partial charge on any atom is -0.497 e. The van der Waals surface area contributed by atoms with Crippen LogP contribution in [0.1, 0.15) is 19.4 Å². The second-order valence-corrected chi connectivity index (χ2v) is 7.46. The summed E-state index contributed by atoms with van der Waals surface area (Å²) >= 11 is 0. The molecule has 0 saturated heterocycles. The predicted octanol–water partition coefficient (Wildman–Crippen LogP) is 4.36. The topological polar surface area (TPSA) is 96.1 Å². The van der Waals surface area contributed by atoms with Gasteiger partial charge in [0.25, 0.3) is 0 Å². The summed E-state index contributed by atoms with van der Waals surface area (Å²) in [6.07, 6.45) is 2.20. The third-order valence-electron chi connectivity index (χ3n) is 5.05. The van der Waals surface area contributed by atoms with Crippen LogP contribution in [0.3, 0.4) is 0 Å². The summed E-state index contributed by atoms with van der Waals surface area (Å²) in [6, 6.07) is 17.4. The molecule has 4 rings (SSSR count). The number of carboxylic acid groups (broad SMARTS) is 1. The van der Waals surface area contributed by atoms with Gasteiger partial charge in [0.05, 0.1) is 7.11 Å². The molecule has 0 aliphatic rings. The smallest absolute Gasteiger partial charge is 0.414 e. The van der Waals surface area contributed by atoms with Crippen LogP contribution in [0, 0.1) is 0 Å². The van der Waals surface area contributed by atoms with Crippen LogP contribution in [0.25, 0.3) is 5.65 Å². The van der Waals surface area contributed by atoms with Crippen molar-refractivity contribution in [3.05, 3.63) is 72.6 Å². The molecule has 0 unspecified atom stereocenters. The zero-order chi connectivity index (χ0) is 22.7. The first-order valence-corrected chi connectivity index (χ1v) is 10.2. The molecule has 9 heteroatoms. The van der Waals surface area contributed by atoms with E-state index in [9.17, 15) is 9.90 Å². The molecule has 32 heavy (non-hydrogen) atoms. The van der Waals surface area contributed by atoms with E-state index in [1.54, 1.807) is 37.8 Å². The number of hydrogen-bond acceptors (Lipinski definition) is 6. The highest BCUT2D eigenvalue weighted by Crippen LogP contribution is 2.31. The number of hydrogen-bond donors (Lipinski definition) is 1. The second kappa shape index (κ2) is 8.93. The fourth-order valence-electron chi connectivity index (χ4n) is 3.51. The lowest BCUT2D eigenvalue weighted by Gasteiger charge is -2.25. The van der Waals surface area contributed by atoms with E-state index >= 15 is 0 Å². The van der Waals surface area contributed by atoms with Gasteiger partial charge >= 0.3 is 6.09 Å². The fraction of sp³-hybridized carbons (Fsp3) is 0.217. The molecule has 0 saturated carbocycles. The maximum absolute atomic E-state index is 11.8. The van der Waals surface area contributed by atoms with Crippen molar-refractivity contribution in [2.24, 2.45) is 0 Å². The molecule has 0 fully saturated rings. The highest BCUT2D eigenvalue weighted by atomic mass is 16.5. The summed E-state index contributed by atoms with van der Waals surface area (Å²) in [5, 5.41) is 18.2. The van der Waals surface area contributed by atoms with Crippen molar-refractivity contribution in [2.45, 2.75) is 26.4 Å². The fourth-order valence-corrected chi connectivity index (χ4v) is 3.51. The first kappa shape index (κ1) is 21.1. The van der Waals surface area contributed by atoms with E-state index in [1.807, 2.05) is 59.5 Å². The molecule has 2 aromatic carbocycles. The van der Waals surface area contributed by atoms with Crippen molar-refractivity contribution in [3.8, 4) is 5.75 Å². The van der Waals surface area contributed by atoms with Gasteiger partial charge in [-0.15, -0.1) is 10.2 Å². The predicted molar refractivity (Wildman–Crippen MR) is 122 cm³/mol. The van der Waals surface area contributed by atoms with Crippen LogP contribution in [0.15, 0.2) is 67.0 Å². The molecule has 1 N–H and O–H groups in total. The van der Waals surface area contributed by atoms with Crippen molar-refractivity contribution in [1.82, 2.24) is 19.6 Å². The van der Waals surface area contributed by atoms with Crippen LogP contribution in [-0.4, -0.2) is 43.9 Å². The molecule has 0 aliphatic carbocycles. The number of carbonyl (C=O) groups is 1. The highest BCUT2D eigenvalue weighted by Gasteiger charge is 2.26. The number of methoxy groups -OCH3 is 1. The van der Waals surface area contributed by atoms with E-state index < -0.39 is 6.09 Å². The first-order valence-electron chi connectivity index (χ1n) is 10.2. The Morgan fingerprint density at radius 2 is 1.81 bits per heavy atom. The van der Waals surface area contributed by atoms with Crippen LogP contribution in [0.5, 0.6) is 5.75 Å². The number of nitrogens with zero attached hydrogens (tertiary/aromatic N) is 6. The summed E-state index contributed by atoms with van der Waals surface area (Å²) in [6.45, 7) is 4.11. The lowest BCUT2D eigenvalue weighted by atomic mass is 10.2. The van der Waals surface area contributed by atoms with Gasteiger partial charge in [-0.3, -0.25) is 4.40 Å². The molecule has 2 heterocycles. The summed E-state index contributed by atoms with van der Waals surface area (Å²) < 4.78 is 6.95. The molecule has 0 atom stereocenters. The number of anilines is 3. The van der Waals surface area contributed by atoms with E-state index in [0.29, 0.717) is 18.0 Å². The van der Waals surface area contributed by atoms with Crippen molar-refractivity contribution in [1.29, 1.82) is 0 Å². The maximum Gasteiger partial charge on any atom is 0.414 e. The van der Waals surface area contributed by atoms with Crippen LogP contribution >= 0.6 is 0 Å². The maximum atomic E-state index is 11.8. The zero-order valence-corrected chi connectivity index (χ0v) is 18.1. The van der Waals surface area contributed by atoms with E-state index in [4.69, 9.17) is 4.74 Å². The van der Waals surface area contributed by atoms with Gasteiger partial charge in [-0.25, -0.2) is 14.7 Å². The molecule has 9 nitrogen and oxygen atoms in total. The van der Waals surface area contributed by atoms with Crippen LogP contribution in [0.4, 0.5) is 22.2 Å². The number of ether oxygens (including phenoxy) is 1. The van der Waals surface area contributed by atoms with Gasteiger partial charge in [0.15, 0.2) is 5.82 Å². The van der Waals surface area contributed by atoms with Gasteiger partial charge in [-0.1, -0.05) is 30.3 Å². The second-order valence-electron chi connectivity index (χ2n) is 7.46. The Balaban J connectivity index is 1.85. The Morgan fingerprint density at radius 3 is 2.44 bits per heavy atom. The number of benzene rings is 2. The van der Waals surface area contributed by atoms with Crippen LogP contribution in [-0.2, 0) is 6.54 Å². The summed E-state index contributed by atoms with van der Waals surface area (Å²) in [4.78, 5) is 19.6. The van der Waals surface area contributed by atoms with Crippen LogP contribution in [0.2, 0.25) is 0 Å². The van der Waals surface area contributed by atoms with E-state index in [1.165, 1.54) is 4.90 Å². The summed E-state index contributed by atoms with van der Waals surface area (Å²) in [5.74, 6) is 1.54. The number of rotatable bonds is 7. The zero-order valence-electron chi connectivity index (χ0n) is 18.1. The van der Waals surface area contributed by atoms with Gasteiger partial charge in [-0.05, 0) is 43.7 Å². The minimum absolute atomic E-state index is 0.223. The molecule has 0 aliphatic heterocycles. The number of amides is 1. The molecular weight excluding hydrogens is 408 g/mol. The van der Waals surface area contributed by atoms with E-state index in [2.05, 4.69) is 15.2 Å². The van der Waals surface area contributed by atoms with Gasteiger partial charge in [0.1, 0.15) is 5.75 Å². The Morgan fingerprint density at radius 1 is 1.09 bits per heavy atom. The Hall–Kier alpha value is -4.14. The third kappa shape index (κ3) is 4.04. The Labute approximate surface area is 185 Å². The van der Waals surface area contributed by atoms with Gasteiger partial charge in [-0.2, -0.15) is 0 Å². The molecule has 0 spiro atoms. The molecule has 0 radical (unpaired) electrons. The van der Waals surface area contributed by atoms with Crippen molar-refractivity contribution >= 4 is 29.2 Å². The largest absolute Gasteiger partial charge is 0.497 e. The van der Waals surface area contributed by atoms with Crippen molar-refractivity contribution in [2.75, 3.05) is 16.9 Å². The Bertz CT molecular complexity index is 1210. The monoisotopic (exact) mass is 432 g/mol. The first-order chi connectivity index (χ1) is 15.5. The summed E-state index contributed by atoms with van der Waals surface area (Å²) in [5.41, 5.74) is 2.43. The normalized spacial score (nSPS) is 11.0. The molecular formula is C23H24N6O3. The average Bonchev–Trinajstić information content (AvgIpc) is 3.22. The lowest BCUT2D eigenvalue weighted by molar-refractivity contribution is 0.199. The van der Waals surface area contributed by atoms with Gasteiger partial charge < -0.3 is 14.7 Å². The van der Waals surface area contributed by atoms with Crippen molar-refractivity contribution < 1.29 is 14.6 Å². The number of aromatic nitrogens is 4. The highest BCUT2D eigenvalue weighted by molar-refractivity contribution is 5.85. The van der Waals surface area contributed by atoms with E-state index in [0.717, 1.165) is 17.0 Å². The van der Waals surface area contributed by atoms with Crippen molar-refractivity contribution in [3.63, 3.8) is 0 Å². The third-order valence-corrected chi connectivity index (χ3v) is 5.05. The average molecular weight is 432 g/mol. The Kier molecular flexibility index (Phi) is 5.89. The lowest BCUT2D eigenvalue weighted by Crippen LogP contribution is -2.37. The SMILES string of the molecule is COc1ccc(N(Cc2ccccc2)c2nccn3c(N(C(=O)O)C(C)C)nnc23)cc1. The molecule has 0 bridgehead atoms. The van der Waals surface area contributed by atoms with E-state index in [-0.39, 0.29) is 12.0 Å². The standard InChI is InChI=1S/C23H24N6O3/c1-16(2)29(23(30)31)22-26-25-21-20(24-13-14-27(21)22)28(15-17-7-5-4-6-8-17)18-9-11-19(32-3)12-10-18/h4-14,16H,15H2,1-3H3,(H,30,31). The van der Waals surface area contributed by atoms with Gasteiger partial charge in [0.2, 0.25) is 11.6 Å². The molecule has 1 amide bonds. The molecule has 164 valence electrons. The van der Waals surface area contributed by atoms with Gasteiger partial charge in [0, 0.05) is 30.7 Å². The van der Waals surface area contributed by atoms with Crippen LogP contribution < -0.4 is 14.5 Å². The number of fused-ring (bicyclic) bond motifs is 1. The molecule has 4 aromatic rings. The molecule has 2 aromatic heterocycles.